The molecule has 0 aliphatic heterocycles. The second kappa shape index (κ2) is 4.31. The molecular formula is C20H14N2. The van der Waals surface area contributed by atoms with Crippen LogP contribution in [0.15, 0.2) is 72.8 Å². The normalized spacial score (nSPS) is 13.3. The van der Waals surface area contributed by atoms with Crippen molar-refractivity contribution >= 4 is 11.0 Å². The predicted molar refractivity (Wildman–Crippen MR) is 88.9 cm³/mol. The molecule has 22 heavy (non-hydrogen) atoms. The van der Waals surface area contributed by atoms with E-state index in [4.69, 9.17) is 4.98 Å². The van der Waals surface area contributed by atoms with Gasteiger partial charge >= 0.3 is 0 Å². The average molecular weight is 282 g/mol. The summed E-state index contributed by atoms with van der Waals surface area (Å²) in [7, 11) is 0. The van der Waals surface area contributed by atoms with Crippen LogP contribution >= 0.6 is 0 Å². The Balaban J connectivity index is 1.80. The molecule has 0 spiro atoms. The van der Waals surface area contributed by atoms with E-state index in [1.54, 1.807) is 0 Å². The second-order valence-corrected chi connectivity index (χ2v) is 5.75. The van der Waals surface area contributed by atoms with Crippen LogP contribution in [0.4, 0.5) is 0 Å². The number of aromatic amines is 1. The van der Waals surface area contributed by atoms with E-state index in [1.807, 2.05) is 12.1 Å². The summed E-state index contributed by atoms with van der Waals surface area (Å²) in [6, 6.07) is 25.5. The number of aromatic nitrogens is 2. The van der Waals surface area contributed by atoms with Gasteiger partial charge in [-0.15, -0.1) is 0 Å². The summed E-state index contributed by atoms with van der Waals surface area (Å²) < 4.78 is 0. The number of H-pyrrole nitrogens is 1. The van der Waals surface area contributed by atoms with Crippen molar-refractivity contribution in [2.24, 2.45) is 0 Å². The van der Waals surface area contributed by atoms with Crippen molar-refractivity contribution in [2.45, 2.75) is 5.92 Å². The third-order valence-electron chi connectivity index (χ3n) is 4.51. The number of fused-ring (bicyclic) bond motifs is 4. The first-order valence-electron chi connectivity index (χ1n) is 7.55. The minimum Gasteiger partial charge on any atom is -0.341 e. The lowest BCUT2D eigenvalue weighted by atomic mass is 9.96. The van der Waals surface area contributed by atoms with Crippen molar-refractivity contribution in [3.8, 4) is 11.1 Å². The molecule has 104 valence electrons. The molecule has 5 rings (SSSR count). The van der Waals surface area contributed by atoms with Crippen molar-refractivity contribution in [3.63, 3.8) is 0 Å². The first-order chi connectivity index (χ1) is 10.9. The Kier molecular flexibility index (Phi) is 2.30. The number of hydrogen-bond donors (Lipinski definition) is 1. The van der Waals surface area contributed by atoms with E-state index in [2.05, 4.69) is 65.6 Å². The Morgan fingerprint density at radius 2 is 1.27 bits per heavy atom. The topological polar surface area (TPSA) is 28.7 Å². The van der Waals surface area contributed by atoms with Crippen molar-refractivity contribution in [1.29, 1.82) is 0 Å². The van der Waals surface area contributed by atoms with E-state index in [-0.39, 0.29) is 5.92 Å². The Hall–Kier alpha value is -2.87. The first-order valence-corrected chi connectivity index (χ1v) is 7.55. The summed E-state index contributed by atoms with van der Waals surface area (Å²) >= 11 is 0. The molecule has 1 N–H and O–H groups in total. The van der Waals surface area contributed by atoms with Gasteiger partial charge in [0.05, 0.1) is 17.0 Å². The fraction of sp³-hybridized carbons (Fsp3) is 0.0500. The number of nitrogens with one attached hydrogen (secondary N) is 1. The number of benzene rings is 3. The maximum atomic E-state index is 4.84. The molecule has 1 aromatic heterocycles. The predicted octanol–water partition coefficient (Wildman–Crippen LogP) is 4.72. The maximum absolute atomic E-state index is 4.84. The largest absolute Gasteiger partial charge is 0.341 e. The van der Waals surface area contributed by atoms with Gasteiger partial charge in [-0.1, -0.05) is 60.7 Å². The molecule has 0 atom stereocenters. The summed E-state index contributed by atoms with van der Waals surface area (Å²) in [6.07, 6.45) is 0. The molecule has 1 aliphatic carbocycles. The zero-order valence-corrected chi connectivity index (χ0v) is 12.0. The number of nitrogens with zero attached hydrogens (tertiary/aromatic N) is 1. The van der Waals surface area contributed by atoms with Gasteiger partial charge in [0.15, 0.2) is 0 Å². The van der Waals surface area contributed by atoms with Gasteiger partial charge < -0.3 is 4.98 Å². The SMILES string of the molecule is c1ccc2c(c1)-c1ccccc1C2c1nc2ccccc2[nH]1. The van der Waals surface area contributed by atoms with Crippen molar-refractivity contribution in [3.05, 3.63) is 89.7 Å². The molecule has 0 amide bonds. The minimum absolute atomic E-state index is 0.194. The number of rotatable bonds is 1. The molecule has 0 unspecified atom stereocenters. The quantitative estimate of drug-likeness (QED) is 0.473. The summed E-state index contributed by atoms with van der Waals surface area (Å²) in [4.78, 5) is 8.35. The maximum Gasteiger partial charge on any atom is 0.119 e. The zero-order valence-electron chi connectivity index (χ0n) is 12.0. The Morgan fingerprint density at radius 3 is 1.95 bits per heavy atom. The molecule has 0 saturated carbocycles. The van der Waals surface area contributed by atoms with E-state index < -0.39 is 0 Å². The van der Waals surface area contributed by atoms with E-state index in [9.17, 15) is 0 Å². The summed E-state index contributed by atoms with van der Waals surface area (Å²) in [5.74, 6) is 1.22. The van der Waals surface area contributed by atoms with Gasteiger partial charge in [-0.2, -0.15) is 0 Å². The lowest BCUT2D eigenvalue weighted by Gasteiger charge is -2.10. The average Bonchev–Trinajstić information content (AvgIpc) is 3.13. The standard InChI is InChI=1S/C20H14N2/c1-3-9-15-13(7-1)14-8-2-4-10-16(14)19(15)20-21-17-11-5-6-12-18(17)22-20/h1-12,19H,(H,21,22). The van der Waals surface area contributed by atoms with Crippen LogP contribution in [0.1, 0.15) is 22.9 Å². The fourth-order valence-electron chi connectivity index (χ4n) is 3.56. The van der Waals surface area contributed by atoms with Crippen LogP contribution in [0.3, 0.4) is 0 Å². The van der Waals surface area contributed by atoms with E-state index in [0.29, 0.717) is 0 Å². The van der Waals surface area contributed by atoms with Crippen LogP contribution in [0, 0.1) is 0 Å². The molecule has 0 radical (unpaired) electrons. The molecule has 0 fully saturated rings. The minimum atomic E-state index is 0.194. The molecule has 0 saturated heterocycles. The van der Waals surface area contributed by atoms with Gasteiger partial charge in [-0.05, 0) is 34.4 Å². The van der Waals surface area contributed by atoms with E-state index in [0.717, 1.165) is 16.9 Å². The summed E-state index contributed by atoms with van der Waals surface area (Å²) in [5.41, 5.74) is 7.44. The number of hydrogen-bond acceptors (Lipinski definition) is 1. The Labute approximate surface area is 128 Å². The smallest absolute Gasteiger partial charge is 0.119 e. The van der Waals surface area contributed by atoms with Crippen molar-refractivity contribution in [1.82, 2.24) is 9.97 Å². The molecule has 4 aromatic rings. The summed E-state index contributed by atoms with van der Waals surface area (Å²) in [6.45, 7) is 0. The third kappa shape index (κ3) is 1.52. The molecule has 3 aromatic carbocycles. The third-order valence-corrected chi connectivity index (χ3v) is 4.51. The Morgan fingerprint density at radius 1 is 0.682 bits per heavy atom. The summed E-state index contributed by atoms with van der Waals surface area (Å²) in [5, 5.41) is 0. The highest BCUT2D eigenvalue weighted by atomic mass is 14.9. The first kappa shape index (κ1) is 11.8. The van der Waals surface area contributed by atoms with Crippen LogP contribution in [0.2, 0.25) is 0 Å². The van der Waals surface area contributed by atoms with Crippen molar-refractivity contribution in [2.75, 3.05) is 0 Å². The Bertz CT molecular complexity index is 919. The van der Waals surface area contributed by atoms with Crippen LogP contribution in [0.5, 0.6) is 0 Å². The zero-order chi connectivity index (χ0) is 14.5. The van der Waals surface area contributed by atoms with Gasteiger partial charge in [-0.25, -0.2) is 4.98 Å². The molecule has 1 aliphatic rings. The fourth-order valence-corrected chi connectivity index (χ4v) is 3.56. The highest BCUT2D eigenvalue weighted by Crippen LogP contribution is 2.47. The van der Waals surface area contributed by atoms with Crippen LogP contribution < -0.4 is 0 Å². The van der Waals surface area contributed by atoms with Gasteiger partial charge in [0, 0.05) is 0 Å². The highest BCUT2D eigenvalue weighted by molar-refractivity contribution is 5.81. The number of imidazole rings is 1. The lowest BCUT2D eigenvalue weighted by molar-refractivity contribution is 0.915. The van der Waals surface area contributed by atoms with Crippen LogP contribution in [-0.4, -0.2) is 9.97 Å². The van der Waals surface area contributed by atoms with E-state index >= 15 is 0 Å². The number of para-hydroxylation sites is 2. The molecule has 1 heterocycles. The van der Waals surface area contributed by atoms with Gasteiger partial charge in [0.25, 0.3) is 0 Å². The van der Waals surface area contributed by atoms with Crippen LogP contribution in [0.25, 0.3) is 22.2 Å². The molecule has 0 bridgehead atoms. The monoisotopic (exact) mass is 282 g/mol. The molecule has 2 heteroatoms. The van der Waals surface area contributed by atoms with Crippen LogP contribution in [-0.2, 0) is 0 Å². The lowest BCUT2D eigenvalue weighted by Crippen LogP contribution is -2.01. The van der Waals surface area contributed by atoms with E-state index in [1.165, 1.54) is 22.3 Å². The van der Waals surface area contributed by atoms with Gasteiger partial charge in [-0.3, -0.25) is 0 Å². The van der Waals surface area contributed by atoms with Gasteiger partial charge in [0.2, 0.25) is 0 Å². The second-order valence-electron chi connectivity index (χ2n) is 5.75. The van der Waals surface area contributed by atoms with Crippen molar-refractivity contribution < 1.29 is 0 Å². The molecular weight excluding hydrogens is 268 g/mol. The highest BCUT2D eigenvalue weighted by Gasteiger charge is 2.31. The van der Waals surface area contributed by atoms with Gasteiger partial charge in [0.1, 0.15) is 5.82 Å². The molecule has 2 nitrogen and oxygen atoms in total.